The third-order valence-electron chi connectivity index (χ3n) is 5.11. The van der Waals surface area contributed by atoms with Gasteiger partial charge in [-0.15, -0.1) is 0 Å². The van der Waals surface area contributed by atoms with E-state index in [4.69, 9.17) is 4.74 Å². The zero-order valence-electron chi connectivity index (χ0n) is 14.9. The van der Waals surface area contributed by atoms with Crippen LogP contribution in [0.2, 0.25) is 0 Å². The number of urea groups is 1. The molecule has 1 aromatic carbocycles. The molecule has 136 valence electrons. The predicted molar refractivity (Wildman–Crippen MR) is 93.5 cm³/mol. The summed E-state index contributed by atoms with van der Waals surface area (Å²) in [5, 5.41) is 13.1. The first-order chi connectivity index (χ1) is 11.9. The number of carbonyl (C=O) groups is 2. The first-order valence-corrected chi connectivity index (χ1v) is 8.93. The Bertz CT molecular complexity index is 667. The van der Waals surface area contributed by atoms with Gasteiger partial charge in [0.2, 0.25) is 0 Å². The van der Waals surface area contributed by atoms with E-state index in [1.54, 1.807) is 0 Å². The number of rotatable bonds is 5. The maximum Gasteiger partial charge on any atom is 0.325 e. The van der Waals surface area contributed by atoms with Crippen LogP contribution in [-0.2, 0) is 4.79 Å². The summed E-state index contributed by atoms with van der Waals surface area (Å²) in [4.78, 5) is 26.0. The van der Waals surface area contributed by atoms with Crippen LogP contribution in [0, 0.1) is 13.8 Å². The zero-order valence-corrected chi connectivity index (χ0v) is 14.9. The average molecular weight is 346 g/mol. The molecule has 1 aliphatic carbocycles. The van der Waals surface area contributed by atoms with Crippen molar-refractivity contribution in [1.82, 2.24) is 10.2 Å². The van der Waals surface area contributed by atoms with E-state index >= 15 is 0 Å². The molecule has 1 heterocycles. The summed E-state index contributed by atoms with van der Waals surface area (Å²) < 4.78 is 5.65. The van der Waals surface area contributed by atoms with Crippen molar-refractivity contribution in [2.75, 3.05) is 13.2 Å². The van der Waals surface area contributed by atoms with Crippen LogP contribution in [0.5, 0.6) is 5.75 Å². The van der Waals surface area contributed by atoms with Crippen molar-refractivity contribution in [3.05, 3.63) is 29.3 Å². The summed E-state index contributed by atoms with van der Waals surface area (Å²) in [5.41, 5.74) is 1.38. The number of ether oxygens (including phenoxy) is 1. The molecular weight excluding hydrogens is 320 g/mol. The second kappa shape index (κ2) is 7.04. The number of nitrogens with zero attached hydrogens (tertiary/aromatic N) is 1. The molecule has 2 fully saturated rings. The number of hydrogen-bond acceptors (Lipinski definition) is 4. The molecule has 2 aliphatic rings. The van der Waals surface area contributed by atoms with Gasteiger partial charge in [-0.2, -0.15) is 0 Å². The van der Waals surface area contributed by atoms with Crippen molar-refractivity contribution in [3.8, 4) is 5.75 Å². The van der Waals surface area contributed by atoms with Crippen LogP contribution in [-0.4, -0.2) is 46.7 Å². The fraction of sp³-hybridized carbons (Fsp3) is 0.579. The van der Waals surface area contributed by atoms with Crippen molar-refractivity contribution in [3.63, 3.8) is 0 Å². The Morgan fingerprint density at radius 3 is 2.64 bits per heavy atom. The minimum Gasteiger partial charge on any atom is -0.491 e. The number of aliphatic hydroxyl groups is 1. The Kier molecular flexibility index (Phi) is 4.99. The fourth-order valence-corrected chi connectivity index (χ4v) is 3.75. The number of aliphatic hydroxyl groups excluding tert-OH is 1. The number of nitrogens with one attached hydrogen (secondary N) is 1. The van der Waals surface area contributed by atoms with Crippen LogP contribution in [0.1, 0.15) is 43.2 Å². The molecule has 0 unspecified atom stereocenters. The predicted octanol–water partition coefficient (Wildman–Crippen LogP) is 2.30. The highest BCUT2D eigenvalue weighted by molar-refractivity contribution is 6.07. The zero-order chi connectivity index (χ0) is 18.0. The Morgan fingerprint density at radius 2 is 1.96 bits per heavy atom. The molecule has 1 aromatic rings. The van der Waals surface area contributed by atoms with E-state index in [9.17, 15) is 14.7 Å². The Balaban J connectivity index is 1.58. The normalized spacial score (nSPS) is 20.7. The van der Waals surface area contributed by atoms with Gasteiger partial charge < -0.3 is 15.2 Å². The molecule has 6 heteroatoms. The van der Waals surface area contributed by atoms with Gasteiger partial charge in [0.05, 0.1) is 6.54 Å². The second-order valence-electron chi connectivity index (χ2n) is 7.22. The summed E-state index contributed by atoms with van der Waals surface area (Å²) >= 11 is 0. The lowest BCUT2D eigenvalue weighted by atomic mass is 9.82. The molecule has 1 saturated heterocycles. The lowest BCUT2D eigenvalue weighted by molar-refractivity contribution is -0.133. The van der Waals surface area contributed by atoms with E-state index in [-0.39, 0.29) is 19.1 Å². The number of benzene rings is 1. The van der Waals surface area contributed by atoms with Crippen LogP contribution in [0.15, 0.2) is 18.2 Å². The molecule has 2 N–H and O–H groups in total. The standard InChI is InChI=1S/C19H26N2O4/c1-13-6-7-16(14(2)10-13)25-12-15(22)11-21-17(23)19(20-18(21)24)8-4-3-5-9-19/h6-7,10,15,22H,3-5,8-9,11-12H2,1-2H3,(H,20,24)/t15-/m0/s1. The highest BCUT2D eigenvalue weighted by atomic mass is 16.5. The molecule has 0 radical (unpaired) electrons. The van der Waals surface area contributed by atoms with Gasteiger partial charge >= 0.3 is 6.03 Å². The summed E-state index contributed by atoms with van der Waals surface area (Å²) in [6.45, 7) is 3.94. The topological polar surface area (TPSA) is 78.9 Å². The van der Waals surface area contributed by atoms with Crippen LogP contribution < -0.4 is 10.1 Å². The highest BCUT2D eigenvalue weighted by Crippen LogP contribution is 2.33. The molecule has 3 rings (SSSR count). The minimum atomic E-state index is -0.922. The van der Waals surface area contributed by atoms with Crippen LogP contribution in [0.25, 0.3) is 0 Å². The van der Waals surface area contributed by atoms with E-state index in [1.807, 2.05) is 32.0 Å². The fourth-order valence-electron chi connectivity index (χ4n) is 3.75. The van der Waals surface area contributed by atoms with Crippen molar-refractivity contribution >= 4 is 11.9 Å². The van der Waals surface area contributed by atoms with Gasteiger partial charge in [-0.05, 0) is 38.3 Å². The van der Waals surface area contributed by atoms with E-state index in [0.29, 0.717) is 18.6 Å². The number of carbonyl (C=O) groups excluding carboxylic acids is 2. The van der Waals surface area contributed by atoms with Crippen molar-refractivity contribution < 1.29 is 19.4 Å². The first-order valence-electron chi connectivity index (χ1n) is 8.93. The molecule has 1 spiro atoms. The van der Waals surface area contributed by atoms with Crippen LogP contribution >= 0.6 is 0 Å². The van der Waals surface area contributed by atoms with Crippen molar-refractivity contribution in [2.45, 2.75) is 57.6 Å². The number of β-amino-alcohol motifs (C(OH)–C–C–N with tert-alkyl or cyclic N) is 1. The average Bonchev–Trinajstić information content (AvgIpc) is 2.79. The molecule has 1 atom stereocenters. The smallest absolute Gasteiger partial charge is 0.325 e. The highest BCUT2D eigenvalue weighted by Gasteiger charge is 2.51. The summed E-state index contributed by atoms with van der Waals surface area (Å²) in [6, 6.07) is 5.41. The molecule has 3 amide bonds. The van der Waals surface area contributed by atoms with Crippen molar-refractivity contribution in [1.29, 1.82) is 0 Å². The van der Waals surface area contributed by atoms with E-state index in [0.717, 1.165) is 35.3 Å². The molecule has 6 nitrogen and oxygen atoms in total. The van der Waals surface area contributed by atoms with Gasteiger partial charge in [0.25, 0.3) is 5.91 Å². The number of hydrogen-bond donors (Lipinski definition) is 2. The van der Waals surface area contributed by atoms with E-state index in [2.05, 4.69) is 5.32 Å². The molecule has 1 aliphatic heterocycles. The maximum atomic E-state index is 12.7. The summed E-state index contributed by atoms with van der Waals surface area (Å²) in [6.07, 6.45) is 3.43. The largest absolute Gasteiger partial charge is 0.491 e. The monoisotopic (exact) mass is 346 g/mol. The number of imide groups is 1. The molecular formula is C19H26N2O4. The van der Waals surface area contributed by atoms with Crippen LogP contribution in [0.3, 0.4) is 0 Å². The van der Waals surface area contributed by atoms with E-state index in [1.165, 1.54) is 0 Å². The summed E-state index contributed by atoms with van der Waals surface area (Å²) in [7, 11) is 0. The minimum absolute atomic E-state index is 0.0357. The Hall–Kier alpha value is -2.08. The van der Waals surface area contributed by atoms with E-state index < -0.39 is 17.7 Å². The molecule has 1 saturated carbocycles. The third-order valence-corrected chi connectivity index (χ3v) is 5.11. The van der Waals surface area contributed by atoms with Gasteiger partial charge in [-0.1, -0.05) is 37.0 Å². The Morgan fingerprint density at radius 1 is 1.24 bits per heavy atom. The van der Waals surface area contributed by atoms with Gasteiger partial charge in [0, 0.05) is 0 Å². The van der Waals surface area contributed by atoms with Gasteiger partial charge in [0.1, 0.15) is 24.0 Å². The lowest BCUT2D eigenvalue weighted by Gasteiger charge is -2.30. The second-order valence-corrected chi connectivity index (χ2v) is 7.22. The number of amides is 3. The SMILES string of the molecule is Cc1ccc(OC[C@@H](O)CN2C(=O)NC3(CCCCC3)C2=O)c(C)c1. The molecule has 0 bridgehead atoms. The quantitative estimate of drug-likeness (QED) is 0.802. The third kappa shape index (κ3) is 3.63. The van der Waals surface area contributed by atoms with Crippen LogP contribution in [0.4, 0.5) is 4.79 Å². The summed E-state index contributed by atoms with van der Waals surface area (Å²) in [5.74, 6) is 0.494. The van der Waals surface area contributed by atoms with Gasteiger partial charge in [-0.3, -0.25) is 9.69 Å². The first kappa shape index (κ1) is 17.7. The van der Waals surface area contributed by atoms with Gasteiger partial charge in [-0.25, -0.2) is 4.79 Å². The van der Waals surface area contributed by atoms with Gasteiger partial charge in [0.15, 0.2) is 0 Å². The van der Waals surface area contributed by atoms with Crippen molar-refractivity contribution in [2.24, 2.45) is 0 Å². The molecule has 25 heavy (non-hydrogen) atoms. The Labute approximate surface area is 148 Å². The maximum absolute atomic E-state index is 12.7. The number of aryl methyl sites for hydroxylation is 2. The molecule has 0 aromatic heterocycles. The lowest BCUT2D eigenvalue weighted by Crippen LogP contribution is -2.48.